The molecule has 6 heteroatoms. The van der Waals surface area contributed by atoms with E-state index in [0.717, 1.165) is 27.8 Å². The van der Waals surface area contributed by atoms with E-state index in [-0.39, 0.29) is 11.8 Å². The molecular weight excluding hydrogens is 337 g/mol. The smallest absolute Gasteiger partial charge is 0.165 e. The first-order valence-corrected chi connectivity index (χ1v) is 7.56. The van der Waals surface area contributed by atoms with Crippen molar-refractivity contribution in [1.29, 1.82) is 0 Å². The highest BCUT2D eigenvalue weighted by Crippen LogP contribution is 2.27. The molecule has 0 radical (unpaired) electrons. The number of nitrogens with zero attached hydrogens (tertiary/aromatic N) is 2. The maximum Gasteiger partial charge on any atom is 0.165 e. The Morgan fingerprint density at radius 1 is 1.48 bits per heavy atom. The number of benzene rings is 1. The maximum absolute atomic E-state index is 13.8. The lowest BCUT2D eigenvalue weighted by molar-refractivity contribution is 0.386. The molecule has 0 aliphatic carbocycles. The number of rotatable bonds is 5. The van der Waals surface area contributed by atoms with Gasteiger partial charge in [0.25, 0.3) is 0 Å². The minimum absolute atomic E-state index is 0.223. The van der Waals surface area contributed by atoms with Crippen LogP contribution in [0.2, 0.25) is 0 Å². The molecule has 2 rings (SSSR count). The van der Waals surface area contributed by atoms with Gasteiger partial charge in [-0.1, -0.05) is 13.0 Å². The highest BCUT2D eigenvalue weighted by molar-refractivity contribution is 9.10. The van der Waals surface area contributed by atoms with Gasteiger partial charge < -0.3 is 10.5 Å². The number of halogens is 2. The highest BCUT2D eigenvalue weighted by atomic mass is 79.9. The van der Waals surface area contributed by atoms with Crippen LogP contribution in [0.3, 0.4) is 0 Å². The molecule has 1 unspecified atom stereocenters. The van der Waals surface area contributed by atoms with Crippen molar-refractivity contribution in [1.82, 2.24) is 9.78 Å². The second-order valence-electron chi connectivity index (χ2n) is 4.89. The van der Waals surface area contributed by atoms with Gasteiger partial charge >= 0.3 is 0 Å². The number of methoxy groups -OCH3 is 1. The molecule has 0 spiro atoms. The molecule has 0 fully saturated rings. The highest BCUT2D eigenvalue weighted by Gasteiger charge is 2.17. The predicted molar refractivity (Wildman–Crippen MR) is 83.9 cm³/mol. The van der Waals surface area contributed by atoms with Crippen LogP contribution in [0.25, 0.3) is 0 Å². The molecule has 0 bridgehead atoms. The second-order valence-corrected chi connectivity index (χ2v) is 5.68. The molecular formula is C15H19BrFN3O. The SMILES string of the molecule is CCc1nn(C)c(CC(N)c2ccc(OC)c(F)c2)c1Br. The maximum atomic E-state index is 13.8. The van der Waals surface area contributed by atoms with E-state index in [1.807, 2.05) is 11.7 Å². The molecule has 2 N–H and O–H groups in total. The number of hydrogen-bond acceptors (Lipinski definition) is 3. The summed E-state index contributed by atoms with van der Waals surface area (Å²) in [7, 11) is 3.33. The van der Waals surface area contributed by atoms with Gasteiger partial charge in [-0.25, -0.2) is 4.39 Å². The molecule has 114 valence electrons. The van der Waals surface area contributed by atoms with Crippen LogP contribution in [0.4, 0.5) is 4.39 Å². The summed E-state index contributed by atoms with van der Waals surface area (Å²) >= 11 is 3.57. The Kier molecular flexibility index (Phi) is 5.00. The Bertz CT molecular complexity index is 642. The lowest BCUT2D eigenvalue weighted by Crippen LogP contribution is -2.16. The third kappa shape index (κ3) is 3.27. The van der Waals surface area contributed by atoms with E-state index < -0.39 is 5.82 Å². The summed E-state index contributed by atoms with van der Waals surface area (Å²) in [6, 6.07) is 4.51. The number of aryl methyl sites for hydroxylation is 2. The van der Waals surface area contributed by atoms with Gasteiger partial charge in [-0.15, -0.1) is 0 Å². The molecule has 1 heterocycles. The number of aromatic nitrogens is 2. The first-order chi connectivity index (χ1) is 9.97. The molecule has 2 aromatic rings. The Labute approximate surface area is 132 Å². The number of nitrogens with two attached hydrogens (primary N) is 1. The summed E-state index contributed by atoms with van der Waals surface area (Å²) in [6.45, 7) is 2.05. The third-order valence-corrected chi connectivity index (χ3v) is 4.44. The van der Waals surface area contributed by atoms with Gasteiger partial charge in [-0.3, -0.25) is 4.68 Å². The van der Waals surface area contributed by atoms with Gasteiger partial charge in [-0.05, 0) is 40.0 Å². The molecule has 4 nitrogen and oxygen atoms in total. The van der Waals surface area contributed by atoms with Gasteiger partial charge in [0, 0.05) is 19.5 Å². The summed E-state index contributed by atoms with van der Waals surface area (Å²) in [5.74, 6) is -0.176. The van der Waals surface area contributed by atoms with Crippen LogP contribution in [0.15, 0.2) is 22.7 Å². The average Bonchev–Trinajstić information content (AvgIpc) is 2.74. The fraction of sp³-hybridized carbons (Fsp3) is 0.400. The van der Waals surface area contributed by atoms with Crippen molar-refractivity contribution in [3.05, 3.63) is 45.4 Å². The molecule has 1 aromatic carbocycles. The van der Waals surface area contributed by atoms with Crippen molar-refractivity contribution in [2.45, 2.75) is 25.8 Å². The van der Waals surface area contributed by atoms with Crippen LogP contribution in [-0.4, -0.2) is 16.9 Å². The monoisotopic (exact) mass is 355 g/mol. The number of hydrogen-bond donors (Lipinski definition) is 1. The van der Waals surface area contributed by atoms with Crippen LogP contribution in [0, 0.1) is 5.82 Å². The zero-order valence-corrected chi connectivity index (χ0v) is 13.9. The van der Waals surface area contributed by atoms with Gasteiger partial charge in [0.1, 0.15) is 0 Å². The Hall–Kier alpha value is -1.40. The van der Waals surface area contributed by atoms with Crippen LogP contribution in [-0.2, 0) is 19.9 Å². The first-order valence-electron chi connectivity index (χ1n) is 6.77. The van der Waals surface area contributed by atoms with Crippen LogP contribution in [0.1, 0.15) is 29.9 Å². The fourth-order valence-electron chi connectivity index (χ4n) is 2.28. The minimum atomic E-state index is -0.399. The molecule has 0 aliphatic heterocycles. The minimum Gasteiger partial charge on any atom is -0.494 e. The molecule has 0 aliphatic rings. The normalized spacial score (nSPS) is 12.5. The largest absolute Gasteiger partial charge is 0.494 e. The summed E-state index contributed by atoms with van der Waals surface area (Å²) in [5.41, 5.74) is 8.95. The van der Waals surface area contributed by atoms with Crippen molar-refractivity contribution >= 4 is 15.9 Å². The van der Waals surface area contributed by atoms with E-state index in [1.54, 1.807) is 12.1 Å². The summed E-state index contributed by atoms with van der Waals surface area (Å²) in [5, 5.41) is 4.44. The molecule has 0 amide bonds. The van der Waals surface area contributed by atoms with Gasteiger partial charge in [0.2, 0.25) is 0 Å². The molecule has 1 atom stereocenters. The van der Waals surface area contributed by atoms with Crippen molar-refractivity contribution in [3.8, 4) is 5.75 Å². The fourth-order valence-corrected chi connectivity index (χ4v) is 3.06. The lowest BCUT2D eigenvalue weighted by Gasteiger charge is -2.14. The lowest BCUT2D eigenvalue weighted by atomic mass is 10.0. The quantitative estimate of drug-likeness (QED) is 0.896. The van der Waals surface area contributed by atoms with E-state index in [9.17, 15) is 4.39 Å². The van der Waals surface area contributed by atoms with Gasteiger partial charge in [0.05, 0.1) is 23.0 Å². The Balaban J connectivity index is 2.24. The summed E-state index contributed by atoms with van der Waals surface area (Å²) in [6.07, 6.45) is 1.43. The zero-order chi connectivity index (χ0) is 15.6. The van der Waals surface area contributed by atoms with E-state index >= 15 is 0 Å². The topological polar surface area (TPSA) is 53.1 Å². The predicted octanol–water partition coefficient (Wildman–Crippen LogP) is 3.14. The average molecular weight is 356 g/mol. The van der Waals surface area contributed by atoms with Crippen LogP contribution < -0.4 is 10.5 Å². The molecule has 0 saturated heterocycles. The Morgan fingerprint density at radius 2 is 2.19 bits per heavy atom. The van der Waals surface area contributed by atoms with E-state index in [1.165, 1.54) is 13.2 Å². The van der Waals surface area contributed by atoms with Crippen molar-refractivity contribution in [2.24, 2.45) is 12.8 Å². The van der Waals surface area contributed by atoms with Gasteiger partial charge in [-0.2, -0.15) is 5.10 Å². The van der Waals surface area contributed by atoms with Crippen molar-refractivity contribution in [3.63, 3.8) is 0 Å². The van der Waals surface area contributed by atoms with Crippen LogP contribution in [0.5, 0.6) is 5.75 Å². The van der Waals surface area contributed by atoms with Crippen molar-refractivity contribution in [2.75, 3.05) is 7.11 Å². The first kappa shape index (κ1) is 16.0. The Morgan fingerprint density at radius 3 is 2.71 bits per heavy atom. The summed E-state index contributed by atoms with van der Waals surface area (Å²) in [4.78, 5) is 0. The molecule has 21 heavy (non-hydrogen) atoms. The zero-order valence-electron chi connectivity index (χ0n) is 12.4. The molecule has 1 aromatic heterocycles. The van der Waals surface area contributed by atoms with Crippen molar-refractivity contribution < 1.29 is 9.13 Å². The van der Waals surface area contributed by atoms with E-state index in [4.69, 9.17) is 10.5 Å². The standard InChI is InChI=1S/C15H19BrFN3O/c1-4-12-15(16)13(20(2)19-12)8-11(18)9-5-6-14(21-3)10(17)7-9/h5-7,11H,4,8,18H2,1-3H3. The molecule has 0 saturated carbocycles. The van der Waals surface area contributed by atoms with Gasteiger partial charge in [0.15, 0.2) is 11.6 Å². The third-order valence-electron chi connectivity index (χ3n) is 3.52. The van der Waals surface area contributed by atoms with Crippen LogP contribution >= 0.6 is 15.9 Å². The second kappa shape index (κ2) is 6.58. The van der Waals surface area contributed by atoms with E-state index in [2.05, 4.69) is 28.0 Å². The summed E-state index contributed by atoms with van der Waals surface area (Å²) < 4.78 is 21.5. The number of ether oxygens (including phenoxy) is 1. The van der Waals surface area contributed by atoms with E-state index in [0.29, 0.717) is 6.42 Å².